The molecule has 0 bridgehead atoms. The zero-order valence-electron chi connectivity index (χ0n) is 12.5. The fourth-order valence-electron chi connectivity index (χ4n) is 2.12. The van der Waals surface area contributed by atoms with Crippen LogP contribution in [0.4, 0.5) is 0 Å². The maximum Gasteiger partial charge on any atom is 0.277 e. The molecule has 6 heteroatoms. The molecule has 6 nitrogen and oxygen atoms in total. The van der Waals surface area contributed by atoms with Crippen LogP contribution in [-0.2, 0) is 0 Å². The van der Waals surface area contributed by atoms with E-state index in [9.17, 15) is 0 Å². The zero-order chi connectivity index (χ0) is 15.5. The molecule has 0 atom stereocenters. The highest BCUT2D eigenvalue weighted by molar-refractivity contribution is 5.67. The molecule has 3 aromatic rings. The van der Waals surface area contributed by atoms with E-state index < -0.39 is 0 Å². The average molecular weight is 297 g/mol. The molecule has 0 N–H and O–H groups in total. The van der Waals surface area contributed by atoms with Gasteiger partial charge < -0.3 is 14.0 Å². The SMILES string of the molecule is COc1ccc(-c2noc(-c3ncccc3C)n2)c(OC)c1. The van der Waals surface area contributed by atoms with Gasteiger partial charge in [-0.3, -0.25) is 4.98 Å². The fourth-order valence-corrected chi connectivity index (χ4v) is 2.12. The quantitative estimate of drug-likeness (QED) is 0.737. The number of aryl methyl sites for hydroxylation is 1. The zero-order valence-corrected chi connectivity index (χ0v) is 12.5. The van der Waals surface area contributed by atoms with Gasteiger partial charge >= 0.3 is 0 Å². The number of rotatable bonds is 4. The molecule has 0 spiro atoms. The van der Waals surface area contributed by atoms with E-state index in [0.29, 0.717) is 28.9 Å². The first kappa shape index (κ1) is 14.1. The lowest BCUT2D eigenvalue weighted by Gasteiger charge is -2.07. The van der Waals surface area contributed by atoms with Crippen molar-refractivity contribution in [2.75, 3.05) is 14.2 Å². The van der Waals surface area contributed by atoms with Crippen LogP contribution in [-0.4, -0.2) is 29.3 Å². The number of methoxy groups -OCH3 is 2. The van der Waals surface area contributed by atoms with Crippen LogP contribution >= 0.6 is 0 Å². The summed E-state index contributed by atoms with van der Waals surface area (Å²) >= 11 is 0. The molecule has 0 amide bonds. The van der Waals surface area contributed by atoms with Crippen molar-refractivity contribution >= 4 is 0 Å². The van der Waals surface area contributed by atoms with E-state index in [1.807, 2.05) is 31.2 Å². The minimum atomic E-state index is 0.381. The summed E-state index contributed by atoms with van der Waals surface area (Å²) in [6.07, 6.45) is 1.69. The standard InChI is InChI=1S/C16H15N3O3/c1-10-5-4-8-17-14(10)16-18-15(19-22-16)12-7-6-11(20-2)9-13(12)21-3/h4-9H,1-3H3. The second kappa shape index (κ2) is 5.85. The van der Waals surface area contributed by atoms with Crippen molar-refractivity contribution in [3.63, 3.8) is 0 Å². The number of aromatic nitrogens is 3. The molecule has 22 heavy (non-hydrogen) atoms. The molecule has 1 aromatic carbocycles. The lowest BCUT2D eigenvalue weighted by atomic mass is 10.2. The van der Waals surface area contributed by atoms with Gasteiger partial charge in [0.25, 0.3) is 5.89 Å². The smallest absolute Gasteiger partial charge is 0.277 e. The van der Waals surface area contributed by atoms with Crippen LogP contribution in [0.25, 0.3) is 23.0 Å². The Morgan fingerprint density at radius 1 is 1.09 bits per heavy atom. The van der Waals surface area contributed by atoms with Crippen LogP contribution < -0.4 is 9.47 Å². The van der Waals surface area contributed by atoms with Crippen LogP contribution in [0.2, 0.25) is 0 Å². The third-order valence-electron chi connectivity index (χ3n) is 3.29. The molecule has 3 rings (SSSR count). The van der Waals surface area contributed by atoms with E-state index in [1.54, 1.807) is 26.5 Å². The number of benzene rings is 1. The Balaban J connectivity index is 2.03. The van der Waals surface area contributed by atoms with Crippen molar-refractivity contribution in [2.24, 2.45) is 0 Å². The molecule has 2 aromatic heterocycles. The van der Waals surface area contributed by atoms with Gasteiger partial charge in [-0.1, -0.05) is 11.2 Å². The Kier molecular flexibility index (Phi) is 3.74. The van der Waals surface area contributed by atoms with Gasteiger partial charge in [0.1, 0.15) is 17.2 Å². The van der Waals surface area contributed by atoms with Gasteiger partial charge in [0.2, 0.25) is 5.82 Å². The summed E-state index contributed by atoms with van der Waals surface area (Å²) in [6.45, 7) is 1.94. The van der Waals surface area contributed by atoms with E-state index in [1.165, 1.54) is 0 Å². The third kappa shape index (κ3) is 2.50. The molecular formula is C16H15N3O3. The molecular weight excluding hydrogens is 282 g/mol. The highest BCUT2D eigenvalue weighted by Crippen LogP contribution is 2.32. The second-order valence-corrected chi connectivity index (χ2v) is 4.66. The Labute approximate surface area is 127 Å². The highest BCUT2D eigenvalue weighted by atomic mass is 16.5. The number of nitrogens with zero attached hydrogens (tertiary/aromatic N) is 3. The summed E-state index contributed by atoms with van der Waals surface area (Å²) in [6, 6.07) is 9.23. The van der Waals surface area contributed by atoms with Crippen molar-refractivity contribution in [3.05, 3.63) is 42.1 Å². The first-order chi connectivity index (χ1) is 10.7. The monoisotopic (exact) mass is 297 g/mol. The number of hydrogen-bond acceptors (Lipinski definition) is 6. The molecule has 0 saturated heterocycles. The summed E-state index contributed by atoms with van der Waals surface area (Å²) in [5.74, 6) is 2.14. The van der Waals surface area contributed by atoms with Gasteiger partial charge in [-0.2, -0.15) is 4.98 Å². The minimum Gasteiger partial charge on any atom is -0.497 e. The number of pyridine rings is 1. The molecule has 0 saturated carbocycles. The van der Waals surface area contributed by atoms with Crippen molar-refractivity contribution in [1.29, 1.82) is 0 Å². The van der Waals surface area contributed by atoms with Crippen LogP contribution in [0.5, 0.6) is 11.5 Å². The average Bonchev–Trinajstić information content (AvgIpc) is 3.04. The summed E-state index contributed by atoms with van der Waals surface area (Å²) in [5.41, 5.74) is 2.38. The molecule has 0 aliphatic rings. The van der Waals surface area contributed by atoms with Gasteiger partial charge in [-0.25, -0.2) is 0 Å². The Hall–Kier alpha value is -2.89. The van der Waals surface area contributed by atoms with Crippen molar-refractivity contribution in [3.8, 4) is 34.5 Å². The Morgan fingerprint density at radius 3 is 2.68 bits per heavy atom. The summed E-state index contributed by atoms with van der Waals surface area (Å²) in [5, 5.41) is 4.02. The molecule has 2 heterocycles. The molecule has 0 radical (unpaired) electrons. The molecule has 0 aliphatic heterocycles. The predicted octanol–water partition coefficient (Wildman–Crippen LogP) is 3.12. The summed E-state index contributed by atoms with van der Waals surface area (Å²) < 4.78 is 15.9. The maximum atomic E-state index is 5.36. The normalized spacial score (nSPS) is 10.5. The predicted molar refractivity (Wildman–Crippen MR) is 80.8 cm³/mol. The van der Waals surface area contributed by atoms with E-state index in [4.69, 9.17) is 14.0 Å². The van der Waals surface area contributed by atoms with Crippen LogP contribution in [0.15, 0.2) is 41.1 Å². The first-order valence-corrected chi connectivity index (χ1v) is 6.71. The Morgan fingerprint density at radius 2 is 1.95 bits per heavy atom. The highest BCUT2D eigenvalue weighted by Gasteiger charge is 2.16. The van der Waals surface area contributed by atoms with Crippen LogP contribution in [0, 0.1) is 6.92 Å². The number of hydrogen-bond donors (Lipinski definition) is 0. The largest absolute Gasteiger partial charge is 0.497 e. The fraction of sp³-hybridized carbons (Fsp3) is 0.188. The van der Waals surface area contributed by atoms with E-state index in [0.717, 1.165) is 11.1 Å². The third-order valence-corrected chi connectivity index (χ3v) is 3.29. The van der Waals surface area contributed by atoms with Crippen LogP contribution in [0.1, 0.15) is 5.56 Å². The van der Waals surface area contributed by atoms with Crippen molar-refractivity contribution in [2.45, 2.75) is 6.92 Å². The Bertz CT molecular complexity index is 799. The van der Waals surface area contributed by atoms with Gasteiger partial charge in [0.15, 0.2) is 0 Å². The number of ether oxygens (including phenoxy) is 2. The van der Waals surface area contributed by atoms with Gasteiger partial charge in [0.05, 0.1) is 19.8 Å². The van der Waals surface area contributed by atoms with Gasteiger partial charge in [0, 0.05) is 12.3 Å². The minimum absolute atomic E-state index is 0.381. The molecule has 0 unspecified atom stereocenters. The van der Waals surface area contributed by atoms with E-state index in [2.05, 4.69) is 15.1 Å². The molecule has 0 fully saturated rings. The lowest BCUT2D eigenvalue weighted by Crippen LogP contribution is -1.92. The molecule has 112 valence electrons. The molecule has 0 aliphatic carbocycles. The van der Waals surface area contributed by atoms with Gasteiger partial charge in [-0.15, -0.1) is 0 Å². The van der Waals surface area contributed by atoms with E-state index in [-0.39, 0.29) is 0 Å². The van der Waals surface area contributed by atoms with Crippen molar-refractivity contribution in [1.82, 2.24) is 15.1 Å². The second-order valence-electron chi connectivity index (χ2n) is 4.66. The first-order valence-electron chi connectivity index (χ1n) is 6.71. The topological polar surface area (TPSA) is 70.3 Å². The lowest BCUT2D eigenvalue weighted by molar-refractivity contribution is 0.394. The maximum absolute atomic E-state index is 5.36. The van der Waals surface area contributed by atoms with Crippen LogP contribution in [0.3, 0.4) is 0 Å². The van der Waals surface area contributed by atoms with E-state index >= 15 is 0 Å². The van der Waals surface area contributed by atoms with Crippen molar-refractivity contribution < 1.29 is 14.0 Å². The summed E-state index contributed by atoms with van der Waals surface area (Å²) in [4.78, 5) is 8.69. The summed E-state index contributed by atoms with van der Waals surface area (Å²) in [7, 11) is 3.19. The van der Waals surface area contributed by atoms with Gasteiger partial charge in [-0.05, 0) is 30.7 Å².